The third kappa shape index (κ3) is 3.24. The predicted molar refractivity (Wildman–Crippen MR) is 68.9 cm³/mol. The second-order valence-electron chi connectivity index (χ2n) is 4.44. The van der Waals surface area contributed by atoms with E-state index in [0.29, 0.717) is 13.0 Å². The van der Waals surface area contributed by atoms with Crippen LogP contribution in [0.2, 0.25) is 0 Å². The Morgan fingerprint density at radius 2 is 2.20 bits per heavy atom. The van der Waals surface area contributed by atoms with E-state index >= 15 is 0 Å². The molecule has 0 radical (unpaired) electrons. The molecule has 1 saturated heterocycles. The molecule has 1 aromatic carbocycles. The fourth-order valence-corrected chi connectivity index (χ4v) is 3.21. The van der Waals surface area contributed by atoms with Crippen molar-refractivity contribution in [3.63, 3.8) is 0 Å². The molecule has 1 unspecified atom stereocenters. The van der Waals surface area contributed by atoms with Crippen LogP contribution >= 0.6 is 0 Å². The molecule has 0 bridgehead atoms. The van der Waals surface area contributed by atoms with E-state index in [1.165, 1.54) is 0 Å². The van der Waals surface area contributed by atoms with Crippen molar-refractivity contribution < 1.29 is 23.2 Å². The molecule has 0 aromatic heterocycles. The summed E-state index contributed by atoms with van der Waals surface area (Å²) in [5.74, 6) is -0.574. The SMILES string of the molecule is O=[N+]([O-])c1cc(S(=O)(=O)NC2CCCOC2)ccc1O. The van der Waals surface area contributed by atoms with Gasteiger partial charge in [0.15, 0.2) is 5.75 Å². The lowest BCUT2D eigenvalue weighted by molar-refractivity contribution is -0.386. The lowest BCUT2D eigenvalue weighted by Gasteiger charge is -2.22. The van der Waals surface area contributed by atoms with Crippen LogP contribution in [0.5, 0.6) is 5.75 Å². The smallest absolute Gasteiger partial charge is 0.312 e. The van der Waals surface area contributed by atoms with Gasteiger partial charge in [-0.3, -0.25) is 10.1 Å². The number of aromatic hydroxyl groups is 1. The highest BCUT2D eigenvalue weighted by Gasteiger charge is 2.25. The van der Waals surface area contributed by atoms with Crippen LogP contribution in [0.25, 0.3) is 0 Å². The highest BCUT2D eigenvalue weighted by Crippen LogP contribution is 2.28. The average molecular weight is 302 g/mol. The second kappa shape index (κ2) is 5.73. The number of phenolic OH excluding ortho intramolecular Hbond substituents is 1. The number of nitro benzene ring substituents is 1. The Morgan fingerprint density at radius 3 is 2.80 bits per heavy atom. The van der Waals surface area contributed by atoms with Crippen molar-refractivity contribution in [2.45, 2.75) is 23.8 Å². The van der Waals surface area contributed by atoms with E-state index in [-0.39, 0.29) is 17.5 Å². The van der Waals surface area contributed by atoms with Crippen molar-refractivity contribution in [3.8, 4) is 5.75 Å². The summed E-state index contributed by atoms with van der Waals surface area (Å²) in [6.45, 7) is 0.877. The number of hydrogen-bond acceptors (Lipinski definition) is 6. The van der Waals surface area contributed by atoms with E-state index < -0.39 is 26.4 Å². The first kappa shape index (κ1) is 14.7. The van der Waals surface area contributed by atoms with Gasteiger partial charge in [0.25, 0.3) is 0 Å². The summed E-state index contributed by atoms with van der Waals surface area (Å²) in [5, 5.41) is 20.0. The summed E-state index contributed by atoms with van der Waals surface area (Å²) in [7, 11) is -3.88. The zero-order chi connectivity index (χ0) is 14.8. The Hall–Kier alpha value is -1.71. The van der Waals surface area contributed by atoms with Gasteiger partial charge in [-0.05, 0) is 25.0 Å². The fourth-order valence-electron chi connectivity index (χ4n) is 1.94. The molecule has 20 heavy (non-hydrogen) atoms. The van der Waals surface area contributed by atoms with Crippen molar-refractivity contribution in [2.75, 3.05) is 13.2 Å². The Morgan fingerprint density at radius 1 is 1.45 bits per heavy atom. The molecule has 1 fully saturated rings. The maximum absolute atomic E-state index is 12.1. The van der Waals surface area contributed by atoms with Gasteiger partial charge in [0.05, 0.1) is 16.4 Å². The van der Waals surface area contributed by atoms with Gasteiger partial charge in [-0.2, -0.15) is 0 Å². The first-order valence-electron chi connectivity index (χ1n) is 5.97. The van der Waals surface area contributed by atoms with Crippen LogP contribution in [0.4, 0.5) is 5.69 Å². The molecule has 1 aliphatic heterocycles. The molecule has 1 heterocycles. The molecule has 1 aliphatic rings. The molecular formula is C11H14N2O6S. The molecule has 9 heteroatoms. The number of ether oxygens (including phenoxy) is 1. The first-order chi connectivity index (χ1) is 9.40. The Kier molecular flexibility index (Phi) is 4.21. The van der Waals surface area contributed by atoms with E-state index in [0.717, 1.165) is 24.6 Å². The van der Waals surface area contributed by atoms with Crippen LogP contribution < -0.4 is 4.72 Å². The van der Waals surface area contributed by atoms with E-state index in [4.69, 9.17) is 4.74 Å². The molecule has 110 valence electrons. The molecular weight excluding hydrogens is 288 g/mol. The molecule has 1 atom stereocenters. The summed E-state index contributed by atoms with van der Waals surface area (Å²) < 4.78 is 31.8. The molecule has 2 rings (SSSR count). The van der Waals surface area contributed by atoms with E-state index in [2.05, 4.69) is 4.72 Å². The standard InChI is InChI=1S/C11H14N2O6S/c14-11-4-3-9(6-10(11)13(15)16)20(17,18)12-8-2-1-5-19-7-8/h3-4,6,8,12,14H,1-2,5,7H2. The number of nitro groups is 1. The summed E-state index contributed by atoms with van der Waals surface area (Å²) in [6.07, 6.45) is 1.41. The lowest BCUT2D eigenvalue weighted by Crippen LogP contribution is -2.40. The van der Waals surface area contributed by atoms with Gasteiger partial charge in [-0.1, -0.05) is 0 Å². The molecule has 0 saturated carbocycles. The summed E-state index contributed by atoms with van der Waals surface area (Å²) in [5.41, 5.74) is -0.646. The maximum Gasteiger partial charge on any atom is 0.312 e. The van der Waals surface area contributed by atoms with Crippen LogP contribution in [0.3, 0.4) is 0 Å². The Labute approximate surface area is 115 Å². The molecule has 0 amide bonds. The van der Waals surface area contributed by atoms with E-state index in [1.807, 2.05) is 0 Å². The number of rotatable bonds is 4. The second-order valence-corrected chi connectivity index (χ2v) is 6.16. The molecule has 1 aromatic rings. The quantitative estimate of drug-likeness (QED) is 0.626. The van der Waals surface area contributed by atoms with Crippen LogP contribution in [0, 0.1) is 10.1 Å². The molecule has 2 N–H and O–H groups in total. The number of hydrogen-bond donors (Lipinski definition) is 2. The van der Waals surface area contributed by atoms with Crippen molar-refractivity contribution in [1.29, 1.82) is 0 Å². The third-order valence-electron chi connectivity index (χ3n) is 2.94. The Bertz CT molecular complexity index is 609. The maximum atomic E-state index is 12.1. The zero-order valence-corrected chi connectivity index (χ0v) is 11.3. The van der Waals surface area contributed by atoms with Crippen molar-refractivity contribution in [3.05, 3.63) is 28.3 Å². The van der Waals surface area contributed by atoms with Crippen LogP contribution in [0.1, 0.15) is 12.8 Å². The van der Waals surface area contributed by atoms with Gasteiger partial charge in [0, 0.05) is 18.7 Å². The summed E-state index contributed by atoms with van der Waals surface area (Å²) in [6, 6.07) is 2.60. The highest BCUT2D eigenvalue weighted by molar-refractivity contribution is 7.89. The van der Waals surface area contributed by atoms with Gasteiger partial charge in [-0.15, -0.1) is 0 Å². The minimum absolute atomic E-state index is 0.257. The van der Waals surface area contributed by atoms with Gasteiger partial charge >= 0.3 is 5.69 Å². The number of phenols is 1. The van der Waals surface area contributed by atoms with Crippen LogP contribution in [-0.2, 0) is 14.8 Å². The largest absolute Gasteiger partial charge is 0.502 e. The van der Waals surface area contributed by atoms with Crippen molar-refractivity contribution in [1.82, 2.24) is 4.72 Å². The third-order valence-corrected chi connectivity index (χ3v) is 4.45. The predicted octanol–water partition coefficient (Wildman–Crippen LogP) is 0.758. The van der Waals surface area contributed by atoms with Crippen molar-refractivity contribution >= 4 is 15.7 Å². The van der Waals surface area contributed by atoms with Gasteiger partial charge < -0.3 is 9.84 Å². The minimum Gasteiger partial charge on any atom is -0.502 e. The molecule has 8 nitrogen and oxygen atoms in total. The lowest BCUT2D eigenvalue weighted by atomic mass is 10.1. The summed E-state index contributed by atoms with van der Waals surface area (Å²) >= 11 is 0. The topological polar surface area (TPSA) is 119 Å². The molecule has 0 spiro atoms. The zero-order valence-electron chi connectivity index (χ0n) is 10.5. The normalized spacial score (nSPS) is 19.7. The minimum atomic E-state index is -3.88. The average Bonchev–Trinajstić information content (AvgIpc) is 2.39. The number of nitrogens with zero attached hydrogens (tertiary/aromatic N) is 1. The monoisotopic (exact) mass is 302 g/mol. The number of sulfonamides is 1. The molecule has 0 aliphatic carbocycles. The summed E-state index contributed by atoms with van der Waals surface area (Å²) in [4.78, 5) is 9.61. The van der Waals surface area contributed by atoms with Crippen molar-refractivity contribution in [2.24, 2.45) is 0 Å². The van der Waals surface area contributed by atoms with Crippen LogP contribution in [0.15, 0.2) is 23.1 Å². The van der Waals surface area contributed by atoms with E-state index in [1.54, 1.807) is 0 Å². The van der Waals surface area contributed by atoms with Gasteiger partial charge in [0.2, 0.25) is 10.0 Å². The number of benzene rings is 1. The number of nitrogens with one attached hydrogen (secondary N) is 1. The highest BCUT2D eigenvalue weighted by atomic mass is 32.2. The van der Waals surface area contributed by atoms with Crippen LogP contribution in [-0.4, -0.2) is 37.7 Å². The first-order valence-corrected chi connectivity index (χ1v) is 7.46. The van der Waals surface area contributed by atoms with E-state index in [9.17, 15) is 23.6 Å². The fraction of sp³-hybridized carbons (Fsp3) is 0.455. The Balaban J connectivity index is 2.24. The van der Waals surface area contributed by atoms with Gasteiger partial charge in [0.1, 0.15) is 0 Å². The van der Waals surface area contributed by atoms with Gasteiger partial charge in [-0.25, -0.2) is 13.1 Å².